The number of benzene rings is 2. The van der Waals surface area contributed by atoms with Crippen molar-refractivity contribution < 1.29 is 9.21 Å². The molecule has 0 bridgehead atoms. The second-order valence-electron chi connectivity index (χ2n) is 5.52. The van der Waals surface area contributed by atoms with Crippen molar-refractivity contribution in [1.82, 2.24) is 5.43 Å². The molecule has 0 saturated heterocycles. The van der Waals surface area contributed by atoms with Gasteiger partial charge < -0.3 is 4.42 Å². The molecule has 0 aliphatic heterocycles. The highest BCUT2D eigenvalue weighted by Gasteiger charge is 2.11. The zero-order chi connectivity index (χ0) is 18.4. The van der Waals surface area contributed by atoms with Gasteiger partial charge >= 0.3 is 5.91 Å². The van der Waals surface area contributed by atoms with Gasteiger partial charge in [0.15, 0.2) is 5.76 Å². The minimum Gasteiger partial charge on any atom is -0.459 e. The monoisotopic (exact) mass is 384 g/mol. The van der Waals surface area contributed by atoms with Crippen LogP contribution in [0.5, 0.6) is 0 Å². The predicted octanol–water partition coefficient (Wildman–Crippen LogP) is 4.98. The lowest BCUT2D eigenvalue weighted by Crippen LogP contribution is -2.20. The van der Waals surface area contributed by atoms with Gasteiger partial charge in [0.1, 0.15) is 0 Å². The van der Waals surface area contributed by atoms with Gasteiger partial charge in [0.25, 0.3) is 0 Å². The summed E-state index contributed by atoms with van der Waals surface area (Å²) < 4.78 is 5.10. The summed E-state index contributed by atoms with van der Waals surface area (Å²) in [5.41, 5.74) is 6.19. The zero-order valence-corrected chi connectivity index (χ0v) is 15.7. The third-order valence-corrected chi connectivity index (χ3v) is 4.54. The number of hydrazone groups is 1. The van der Waals surface area contributed by atoms with Crippen LogP contribution in [0.2, 0.25) is 5.02 Å². The van der Waals surface area contributed by atoms with E-state index in [1.165, 1.54) is 11.8 Å². The molecule has 0 aliphatic rings. The fraction of sp³-hybridized carbons (Fsp3) is 0.100. The van der Waals surface area contributed by atoms with E-state index in [0.717, 1.165) is 16.9 Å². The molecule has 4 nitrogen and oxygen atoms in total. The molecule has 0 saturated carbocycles. The molecule has 3 aromatic rings. The Labute approximate surface area is 161 Å². The molecular weight excluding hydrogens is 368 g/mol. The van der Waals surface area contributed by atoms with Gasteiger partial charge in [-0.05, 0) is 36.1 Å². The summed E-state index contributed by atoms with van der Waals surface area (Å²) in [5, 5.41) is 4.98. The Bertz CT molecular complexity index is 889. The van der Waals surface area contributed by atoms with E-state index >= 15 is 0 Å². The maximum absolute atomic E-state index is 12.1. The number of nitrogens with zero attached hydrogens (tertiary/aromatic N) is 1. The van der Waals surface area contributed by atoms with Crippen LogP contribution in [0, 0.1) is 0 Å². The van der Waals surface area contributed by atoms with Crippen LogP contribution in [0.15, 0.2) is 76.4 Å². The minimum atomic E-state index is -0.402. The second kappa shape index (κ2) is 8.74. The Hall–Kier alpha value is -2.50. The van der Waals surface area contributed by atoms with E-state index in [2.05, 4.69) is 28.9 Å². The number of carbonyl (C=O) groups excluding carboxylic acids is 1. The summed E-state index contributed by atoms with van der Waals surface area (Å²) in [6.07, 6.45) is 3.52. The maximum atomic E-state index is 12.1. The first-order chi connectivity index (χ1) is 12.7. The number of rotatable bonds is 6. The lowest BCUT2D eigenvalue weighted by Gasteiger charge is -2.09. The van der Waals surface area contributed by atoms with E-state index in [1.807, 2.05) is 24.3 Å². The molecule has 3 rings (SSSR count). The highest BCUT2D eigenvalue weighted by atomic mass is 35.5. The summed E-state index contributed by atoms with van der Waals surface area (Å²) in [6.45, 7) is 0. The molecule has 26 heavy (non-hydrogen) atoms. The number of nitrogens with one attached hydrogen (secondary N) is 1. The zero-order valence-electron chi connectivity index (χ0n) is 14.1. The van der Waals surface area contributed by atoms with Crippen molar-refractivity contribution in [2.75, 3.05) is 6.26 Å². The molecule has 6 heteroatoms. The third kappa shape index (κ3) is 4.56. The number of hydrogen-bond acceptors (Lipinski definition) is 4. The van der Waals surface area contributed by atoms with Crippen LogP contribution in [0.3, 0.4) is 0 Å². The van der Waals surface area contributed by atoms with Gasteiger partial charge in [0.05, 0.1) is 12.0 Å². The normalized spacial score (nSPS) is 11.4. The molecule has 2 aromatic carbocycles. The van der Waals surface area contributed by atoms with Gasteiger partial charge in [0.2, 0.25) is 0 Å². The van der Waals surface area contributed by atoms with Gasteiger partial charge in [-0.3, -0.25) is 4.79 Å². The van der Waals surface area contributed by atoms with Crippen molar-refractivity contribution in [2.24, 2.45) is 5.10 Å². The van der Waals surface area contributed by atoms with E-state index in [4.69, 9.17) is 16.0 Å². The average Bonchev–Trinajstić information content (AvgIpc) is 3.19. The standard InChI is InChI=1S/C20H17ClN2O2S/c1-26-13-14-4-6-15(7-5-14)19(16-8-10-17(21)11-9-16)22-23-20(24)18-3-2-12-25-18/h2-12H,13H2,1H3,(H,23,24). The Kier molecular flexibility index (Phi) is 6.15. The lowest BCUT2D eigenvalue weighted by molar-refractivity contribution is 0.0927. The Balaban J connectivity index is 1.92. The highest BCUT2D eigenvalue weighted by molar-refractivity contribution is 7.97. The first kappa shape index (κ1) is 18.3. The number of amides is 1. The summed E-state index contributed by atoms with van der Waals surface area (Å²) in [5.74, 6) is 0.753. The average molecular weight is 385 g/mol. The van der Waals surface area contributed by atoms with Crippen LogP contribution >= 0.6 is 23.4 Å². The van der Waals surface area contributed by atoms with Crippen LogP contribution in [0.4, 0.5) is 0 Å². The van der Waals surface area contributed by atoms with Crippen LogP contribution in [-0.2, 0) is 5.75 Å². The molecule has 1 aromatic heterocycles. The number of halogens is 1. The van der Waals surface area contributed by atoms with E-state index < -0.39 is 5.91 Å². The van der Waals surface area contributed by atoms with Gasteiger partial charge in [-0.15, -0.1) is 0 Å². The van der Waals surface area contributed by atoms with Crippen molar-refractivity contribution >= 4 is 35.0 Å². The van der Waals surface area contributed by atoms with E-state index in [-0.39, 0.29) is 5.76 Å². The fourth-order valence-corrected chi connectivity index (χ4v) is 3.05. The molecule has 0 aliphatic carbocycles. The third-order valence-electron chi connectivity index (χ3n) is 3.67. The molecule has 0 atom stereocenters. The van der Waals surface area contributed by atoms with Crippen LogP contribution in [-0.4, -0.2) is 17.9 Å². The summed E-state index contributed by atoms with van der Waals surface area (Å²) >= 11 is 7.76. The molecule has 0 radical (unpaired) electrons. The minimum absolute atomic E-state index is 0.208. The van der Waals surface area contributed by atoms with Crippen LogP contribution in [0.25, 0.3) is 0 Å². The molecule has 1 heterocycles. The number of carbonyl (C=O) groups is 1. The van der Waals surface area contributed by atoms with Crippen molar-refractivity contribution in [3.8, 4) is 0 Å². The van der Waals surface area contributed by atoms with Gasteiger partial charge in [0, 0.05) is 21.9 Å². The van der Waals surface area contributed by atoms with E-state index in [0.29, 0.717) is 10.7 Å². The SMILES string of the molecule is CSCc1ccc(C(=NNC(=O)c2ccco2)c2ccc(Cl)cc2)cc1. The Morgan fingerprint density at radius 1 is 1.08 bits per heavy atom. The molecular formula is C20H17ClN2O2S. The second-order valence-corrected chi connectivity index (χ2v) is 6.82. The van der Waals surface area contributed by atoms with Crippen molar-refractivity contribution in [3.63, 3.8) is 0 Å². The fourth-order valence-electron chi connectivity index (χ4n) is 2.40. The van der Waals surface area contributed by atoms with Crippen LogP contribution < -0.4 is 5.43 Å². The topological polar surface area (TPSA) is 54.6 Å². The molecule has 1 amide bonds. The number of furan rings is 1. The summed E-state index contributed by atoms with van der Waals surface area (Å²) in [6, 6.07) is 18.7. The first-order valence-electron chi connectivity index (χ1n) is 7.93. The van der Waals surface area contributed by atoms with E-state index in [9.17, 15) is 4.79 Å². The highest BCUT2D eigenvalue weighted by Crippen LogP contribution is 2.17. The lowest BCUT2D eigenvalue weighted by atomic mass is 10.0. The maximum Gasteiger partial charge on any atom is 0.307 e. The number of thioether (sulfide) groups is 1. The molecule has 0 spiro atoms. The Morgan fingerprint density at radius 3 is 2.31 bits per heavy atom. The van der Waals surface area contributed by atoms with Crippen LogP contribution in [0.1, 0.15) is 27.2 Å². The van der Waals surface area contributed by atoms with Gasteiger partial charge in [-0.1, -0.05) is 48.0 Å². The number of hydrogen-bond donors (Lipinski definition) is 1. The first-order valence-corrected chi connectivity index (χ1v) is 9.70. The van der Waals surface area contributed by atoms with Gasteiger partial charge in [-0.25, -0.2) is 5.43 Å². The molecule has 132 valence electrons. The predicted molar refractivity (Wildman–Crippen MR) is 107 cm³/mol. The summed E-state index contributed by atoms with van der Waals surface area (Å²) in [4.78, 5) is 12.1. The summed E-state index contributed by atoms with van der Waals surface area (Å²) in [7, 11) is 0. The van der Waals surface area contributed by atoms with Crippen molar-refractivity contribution in [2.45, 2.75) is 5.75 Å². The molecule has 1 N–H and O–H groups in total. The van der Waals surface area contributed by atoms with Gasteiger partial charge in [-0.2, -0.15) is 16.9 Å². The molecule has 0 unspecified atom stereocenters. The largest absolute Gasteiger partial charge is 0.459 e. The van der Waals surface area contributed by atoms with Crippen molar-refractivity contribution in [3.05, 3.63) is 94.4 Å². The van der Waals surface area contributed by atoms with E-state index in [1.54, 1.807) is 36.0 Å². The smallest absolute Gasteiger partial charge is 0.307 e. The quantitative estimate of drug-likeness (QED) is 0.481. The molecule has 0 fully saturated rings. The van der Waals surface area contributed by atoms with Crippen molar-refractivity contribution in [1.29, 1.82) is 0 Å². The Morgan fingerprint density at radius 2 is 1.73 bits per heavy atom.